The van der Waals surface area contributed by atoms with Crippen LogP contribution in [0.2, 0.25) is 0 Å². The summed E-state index contributed by atoms with van der Waals surface area (Å²) < 4.78 is 35.0. The number of carbonyl (C=O) groups is 2. The van der Waals surface area contributed by atoms with Gasteiger partial charge in [0.2, 0.25) is 0 Å². The van der Waals surface area contributed by atoms with Crippen LogP contribution in [0, 0.1) is 0 Å². The SMILES string of the molecule is O=C(OC1CCCC1)c1ccc(OC(F)(F)C(=O)O)cc1. The Labute approximate surface area is 119 Å². The Kier molecular flexibility index (Phi) is 4.40. The fourth-order valence-corrected chi connectivity index (χ4v) is 2.08. The summed E-state index contributed by atoms with van der Waals surface area (Å²) >= 11 is 0. The van der Waals surface area contributed by atoms with Gasteiger partial charge in [0.15, 0.2) is 0 Å². The molecule has 0 unspecified atom stereocenters. The number of hydrogen-bond acceptors (Lipinski definition) is 4. The molecule has 0 spiro atoms. The highest BCUT2D eigenvalue weighted by atomic mass is 19.3. The molecule has 21 heavy (non-hydrogen) atoms. The van der Waals surface area contributed by atoms with E-state index in [4.69, 9.17) is 9.84 Å². The molecule has 1 aromatic carbocycles. The van der Waals surface area contributed by atoms with Gasteiger partial charge in [0, 0.05) is 0 Å². The second-order valence-corrected chi connectivity index (χ2v) is 4.76. The van der Waals surface area contributed by atoms with E-state index in [2.05, 4.69) is 4.74 Å². The van der Waals surface area contributed by atoms with E-state index < -0.39 is 18.0 Å². The normalized spacial score (nSPS) is 15.7. The van der Waals surface area contributed by atoms with E-state index in [9.17, 15) is 18.4 Å². The van der Waals surface area contributed by atoms with Crippen LogP contribution in [0.1, 0.15) is 36.0 Å². The molecule has 0 aliphatic heterocycles. The highest BCUT2D eigenvalue weighted by Crippen LogP contribution is 2.24. The lowest BCUT2D eigenvalue weighted by Gasteiger charge is -2.14. The Morgan fingerprint density at radius 3 is 2.24 bits per heavy atom. The standard InChI is InChI=1S/C14H14F2O5/c15-14(16,13(18)19)21-11-7-5-9(6-8-11)12(17)20-10-3-1-2-4-10/h5-8,10H,1-4H2,(H,18,19). The Morgan fingerprint density at radius 2 is 1.71 bits per heavy atom. The van der Waals surface area contributed by atoms with Crippen molar-refractivity contribution in [2.45, 2.75) is 37.9 Å². The van der Waals surface area contributed by atoms with Crippen molar-refractivity contribution in [2.24, 2.45) is 0 Å². The lowest BCUT2D eigenvalue weighted by Crippen LogP contribution is -2.34. The Morgan fingerprint density at radius 1 is 1.14 bits per heavy atom. The zero-order valence-electron chi connectivity index (χ0n) is 11.1. The van der Waals surface area contributed by atoms with Gasteiger partial charge in [-0.15, -0.1) is 0 Å². The zero-order valence-corrected chi connectivity index (χ0v) is 11.1. The third-order valence-corrected chi connectivity index (χ3v) is 3.16. The maximum Gasteiger partial charge on any atom is 0.501 e. The average Bonchev–Trinajstić information content (AvgIpc) is 2.91. The van der Waals surface area contributed by atoms with Crippen molar-refractivity contribution in [3.05, 3.63) is 29.8 Å². The molecule has 1 aliphatic rings. The topological polar surface area (TPSA) is 72.8 Å². The second kappa shape index (κ2) is 6.07. The number of rotatable bonds is 5. The van der Waals surface area contributed by atoms with Gasteiger partial charge in [0.25, 0.3) is 0 Å². The van der Waals surface area contributed by atoms with Gasteiger partial charge < -0.3 is 14.6 Å². The molecule has 114 valence electrons. The summed E-state index contributed by atoms with van der Waals surface area (Å²) in [4.78, 5) is 22.0. The summed E-state index contributed by atoms with van der Waals surface area (Å²) in [7, 11) is 0. The largest absolute Gasteiger partial charge is 0.501 e. The molecular weight excluding hydrogens is 286 g/mol. The van der Waals surface area contributed by atoms with Gasteiger partial charge in [0.05, 0.1) is 5.56 Å². The van der Waals surface area contributed by atoms with E-state index in [-0.39, 0.29) is 17.4 Å². The molecule has 5 nitrogen and oxygen atoms in total. The second-order valence-electron chi connectivity index (χ2n) is 4.76. The van der Waals surface area contributed by atoms with Crippen LogP contribution in [0.15, 0.2) is 24.3 Å². The zero-order chi connectivity index (χ0) is 15.5. The van der Waals surface area contributed by atoms with Crippen LogP contribution in [0.3, 0.4) is 0 Å². The van der Waals surface area contributed by atoms with Crippen LogP contribution >= 0.6 is 0 Å². The minimum atomic E-state index is -4.31. The summed E-state index contributed by atoms with van der Waals surface area (Å²) in [6.45, 7) is 0. The molecular formula is C14H14F2O5. The minimum Gasteiger partial charge on any atom is -0.474 e. The summed E-state index contributed by atoms with van der Waals surface area (Å²) in [6, 6.07) is 4.71. The van der Waals surface area contributed by atoms with Gasteiger partial charge >= 0.3 is 18.0 Å². The lowest BCUT2D eigenvalue weighted by molar-refractivity contribution is -0.210. The van der Waals surface area contributed by atoms with Gasteiger partial charge in [-0.05, 0) is 49.9 Å². The van der Waals surface area contributed by atoms with Gasteiger partial charge in [-0.2, -0.15) is 8.78 Å². The van der Waals surface area contributed by atoms with E-state index in [0.29, 0.717) is 0 Å². The summed E-state index contributed by atoms with van der Waals surface area (Å²) in [6.07, 6.45) is -0.699. The molecule has 1 N–H and O–H groups in total. The highest BCUT2D eigenvalue weighted by molar-refractivity contribution is 5.89. The quantitative estimate of drug-likeness (QED) is 0.846. The first kappa shape index (κ1) is 15.2. The smallest absolute Gasteiger partial charge is 0.474 e. The monoisotopic (exact) mass is 300 g/mol. The minimum absolute atomic E-state index is 0.0928. The molecule has 0 saturated heterocycles. The molecule has 1 fully saturated rings. The van der Waals surface area contributed by atoms with E-state index in [0.717, 1.165) is 37.8 Å². The Bertz CT molecular complexity index is 521. The van der Waals surface area contributed by atoms with E-state index >= 15 is 0 Å². The average molecular weight is 300 g/mol. The fourth-order valence-electron chi connectivity index (χ4n) is 2.08. The maximum atomic E-state index is 12.8. The van der Waals surface area contributed by atoms with Crippen molar-refractivity contribution < 1.29 is 33.0 Å². The number of carboxylic acids is 1. The van der Waals surface area contributed by atoms with Crippen LogP contribution < -0.4 is 4.74 Å². The van der Waals surface area contributed by atoms with Crippen molar-refractivity contribution in [3.8, 4) is 5.75 Å². The number of hydrogen-bond donors (Lipinski definition) is 1. The number of carboxylic acid groups (broad SMARTS) is 1. The van der Waals surface area contributed by atoms with Gasteiger partial charge in [-0.25, -0.2) is 9.59 Å². The fraction of sp³-hybridized carbons (Fsp3) is 0.429. The van der Waals surface area contributed by atoms with Crippen molar-refractivity contribution in [1.29, 1.82) is 0 Å². The first-order valence-corrected chi connectivity index (χ1v) is 6.50. The van der Waals surface area contributed by atoms with Crippen molar-refractivity contribution in [2.75, 3.05) is 0 Å². The third-order valence-electron chi connectivity index (χ3n) is 3.16. The Balaban J connectivity index is 1.98. The predicted molar refractivity (Wildman–Crippen MR) is 67.3 cm³/mol. The molecule has 1 saturated carbocycles. The van der Waals surface area contributed by atoms with Gasteiger partial charge in [-0.3, -0.25) is 0 Å². The molecule has 0 bridgehead atoms. The first-order chi connectivity index (χ1) is 9.88. The van der Waals surface area contributed by atoms with Crippen LogP contribution in [0.5, 0.6) is 5.75 Å². The van der Waals surface area contributed by atoms with Gasteiger partial charge in [-0.1, -0.05) is 0 Å². The van der Waals surface area contributed by atoms with Crippen LogP contribution in [0.25, 0.3) is 0 Å². The number of halogens is 2. The van der Waals surface area contributed by atoms with E-state index in [1.807, 2.05) is 0 Å². The summed E-state index contributed by atoms with van der Waals surface area (Å²) in [5.74, 6) is -3.26. The Hall–Kier alpha value is -2.18. The molecule has 0 radical (unpaired) electrons. The first-order valence-electron chi connectivity index (χ1n) is 6.50. The van der Waals surface area contributed by atoms with Gasteiger partial charge in [0.1, 0.15) is 11.9 Å². The van der Waals surface area contributed by atoms with E-state index in [1.54, 1.807) is 0 Å². The molecule has 0 heterocycles. The number of esters is 1. The number of alkyl halides is 2. The van der Waals surface area contributed by atoms with Crippen molar-refractivity contribution in [3.63, 3.8) is 0 Å². The molecule has 1 aromatic rings. The summed E-state index contributed by atoms with van der Waals surface area (Å²) in [5, 5.41) is 8.26. The van der Waals surface area contributed by atoms with Crippen molar-refractivity contribution >= 4 is 11.9 Å². The number of aliphatic carboxylic acids is 1. The third kappa shape index (κ3) is 3.90. The highest BCUT2D eigenvalue weighted by Gasteiger charge is 2.42. The molecule has 7 heteroatoms. The van der Waals surface area contributed by atoms with Crippen molar-refractivity contribution in [1.82, 2.24) is 0 Å². The maximum absolute atomic E-state index is 12.8. The number of carbonyl (C=O) groups excluding carboxylic acids is 1. The number of benzene rings is 1. The van der Waals surface area contributed by atoms with Crippen LogP contribution in [-0.2, 0) is 9.53 Å². The molecule has 0 atom stereocenters. The van der Waals surface area contributed by atoms with E-state index in [1.165, 1.54) is 12.1 Å². The molecule has 0 aromatic heterocycles. The number of ether oxygens (including phenoxy) is 2. The lowest BCUT2D eigenvalue weighted by atomic mass is 10.2. The predicted octanol–water partition coefficient (Wildman–Crippen LogP) is 2.84. The summed E-state index contributed by atoms with van der Waals surface area (Å²) in [5.41, 5.74) is 0.202. The molecule has 1 aliphatic carbocycles. The molecule has 2 rings (SSSR count). The van der Waals surface area contributed by atoms with Crippen LogP contribution in [-0.4, -0.2) is 29.3 Å². The van der Waals surface area contributed by atoms with Crippen LogP contribution in [0.4, 0.5) is 8.78 Å². The molecule has 0 amide bonds.